The standard InChI is InChI=1S/C14H14FNO4/c1-18-10-3-4-11(15)12(7-10)16-8-9-5-6-20-13(9)14(17)19-2/h3-7,16H,8H2,1-2H3. The number of furan rings is 1. The molecule has 0 atom stereocenters. The zero-order valence-electron chi connectivity index (χ0n) is 11.1. The average molecular weight is 279 g/mol. The third kappa shape index (κ3) is 2.90. The summed E-state index contributed by atoms with van der Waals surface area (Å²) in [7, 11) is 2.77. The second kappa shape index (κ2) is 6.10. The fourth-order valence-corrected chi connectivity index (χ4v) is 1.70. The van der Waals surface area contributed by atoms with Crippen LogP contribution in [0.4, 0.5) is 10.1 Å². The van der Waals surface area contributed by atoms with Gasteiger partial charge in [0.15, 0.2) is 0 Å². The summed E-state index contributed by atoms with van der Waals surface area (Å²) >= 11 is 0. The number of esters is 1. The smallest absolute Gasteiger partial charge is 0.374 e. The number of halogens is 1. The van der Waals surface area contributed by atoms with Crippen molar-refractivity contribution in [3.8, 4) is 5.75 Å². The molecule has 0 aliphatic rings. The highest BCUT2D eigenvalue weighted by atomic mass is 19.1. The molecule has 0 aliphatic carbocycles. The molecule has 0 unspecified atom stereocenters. The SMILES string of the molecule is COC(=O)c1occc1CNc1cc(OC)ccc1F. The molecule has 106 valence electrons. The number of hydrogen-bond donors (Lipinski definition) is 1. The van der Waals surface area contributed by atoms with Crippen molar-refractivity contribution < 1.29 is 23.1 Å². The summed E-state index contributed by atoms with van der Waals surface area (Å²) in [5.74, 6) is -0.343. The first-order valence-electron chi connectivity index (χ1n) is 5.87. The molecule has 0 saturated heterocycles. The maximum atomic E-state index is 13.6. The Kier molecular flexibility index (Phi) is 4.24. The molecule has 2 rings (SSSR count). The highest BCUT2D eigenvalue weighted by molar-refractivity contribution is 5.87. The van der Waals surface area contributed by atoms with Gasteiger partial charge in [-0.1, -0.05) is 0 Å². The van der Waals surface area contributed by atoms with Crippen LogP contribution in [0.25, 0.3) is 0 Å². The molecule has 0 spiro atoms. The molecule has 0 saturated carbocycles. The van der Waals surface area contributed by atoms with Gasteiger partial charge in [0.05, 0.1) is 26.2 Å². The number of anilines is 1. The fourth-order valence-electron chi connectivity index (χ4n) is 1.70. The Balaban J connectivity index is 2.13. The normalized spacial score (nSPS) is 10.2. The molecule has 1 aromatic heterocycles. The number of nitrogens with one attached hydrogen (secondary N) is 1. The van der Waals surface area contributed by atoms with E-state index < -0.39 is 11.8 Å². The summed E-state index contributed by atoms with van der Waals surface area (Å²) in [4.78, 5) is 11.4. The second-order valence-electron chi connectivity index (χ2n) is 3.97. The van der Waals surface area contributed by atoms with Crippen LogP contribution in [0.3, 0.4) is 0 Å². The third-order valence-corrected chi connectivity index (χ3v) is 2.76. The summed E-state index contributed by atoms with van der Waals surface area (Å²) < 4.78 is 28.3. The molecule has 0 amide bonds. The highest BCUT2D eigenvalue weighted by Gasteiger charge is 2.15. The quantitative estimate of drug-likeness (QED) is 0.853. The van der Waals surface area contributed by atoms with E-state index in [1.807, 2.05) is 0 Å². The van der Waals surface area contributed by atoms with Crippen LogP contribution in [0.1, 0.15) is 16.1 Å². The van der Waals surface area contributed by atoms with Gasteiger partial charge in [-0.2, -0.15) is 0 Å². The first-order valence-corrected chi connectivity index (χ1v) is 5.87. The van der Waals surface area contributed by atoms with Crippen LogP contribution in [0.2, 0.25) is 0 Å². The molecule has 5 nitrogen and oxygen atoms in total. The maximum absolute atomic E-state index is 13.6. The second-order valence-corrected chi connectivity index (χ2v) is 3.97. The van der Waals surface area contributed by atoms with E-state index in [-0.39, 0.29) is 18.0 Å². The van der Waals surface area contributed by atoms with Gasteiger partial charge in [-0.05, 0) is 18.2 Å². The molecule has 1 aromatic carbocycles. The molecule has 6 heteroatoms. The van der Waals surface area contributed by atoms with E-state index in [4.69, 9.17) is 9.15 Å². The Morgan fingerprint density at radius 1 is 1.35 bits per heavy atom. The number of carbonyl (C=O) groups is 1. The lowest BCUT2D eigenvalue weighted by atomic mass is 10.2. The highest BCUT2D eigenvalue weighted by Crippen LogP contribution is 2.22. The van der Waals surface area contributed by atoms with Gasteiger partial charge in [0, 0.05) is 18.2 Å². The Labute approximate surface area is 115 Å². The van der Waals surface area contributed by atoms with Gasteiger partial charge in [0.1, 0.15) is 11.6 Å². The van der Waals surface area contributed by atoms with Gasteiger partial charge in [-0.25, -0.2) is 9.18 Å². The number of methoxy groups -OCH3 is 2. The van der Waals surface area contributed by atoms with Crippen molar-refractivity contribution in [3.05, 3.63) is 47.7 Å². The van der Waals surface area contributed by atoms with Crippen molar-refractivity contribution >= 4 is 11.7 Å². The van der Waals surface area contributed by atoms with Gasteiger partial charge >= 0.3 is 5.97 Å². The van der Waals surface area contributed by atoms with Gasteiger partial charge in [0.2, 0.25) is 5.76 Å². The van der Waals surface area contributed by atoms with Gasteiger partial charge in [-0.15, -0.1) is 0 Å². The monoisotopic (exact) mass is 279 g/mol. The average Bonchev–Trinajstić information content (AvgIpc) is 2.94. The zero-order valence-corrected chi connectivity index (χ0v) is 11.1. The maximum Gasteiger partial charge on any atom is 0.374 e. The van der Waals surface area contributed by atoms with Crippen LogP contribution in [0.15, 0.2) is 34.9 Å². The lowest BCUT2D eigenvalue weighted by Gasteiger charge is -2.09. The fraction of sp³-hybridized carbons (Fsp3) is 0.214. The van der Waals surface area contributed by atoms with Crippen LogP contribution in [0.5, 0.6) is 5.75 Å². The first kappa shape index (κ1) is 13.9. The van der Waals surface area contributed by atoms with Crippen molar-refractivity contribution in [1.29, 1.82) is 0 Å². The Morgan fingerprint density at radius 3 is 2.85 bits per heavy atom. The molecule has 2 aromatic rings. The van der Waals surface area contributed by atoms with E-state index >= 15 is 0 Å². The first-order chi connectivity index (χ1) is 9.65. The predicted molar refractivity (Wildman–Crippen MR) is 70.3 cm³/mol. The molecule has 20 heavy (non-hydrogen) atoms. The van der Waals surface area contributed by atoms with Crippen LogP contribution in [-0.4, -0.2) is 20.2 Å². The van der Waals surface area contributed by atoms with Crippen molar-refractivity contribution in [3.63, 3.8) is 0 Å². The number of rotatable bonds is 5. The van der Waals surface area contributed by atoms with Gasteiger partial charge < -0.3 is 19.2 Å². The van der Waals surface area contributed by atoms with Crippen molar-refractivity contribution in [1.82, 2.24) is 0 Å². The Morgan fingerprint density at radius 2 is 2.15 bits per heavy atom. The summed E-state index contributed by atoms with van der Waals surface area (Å²) in [5, 5.41) is 2.89. The molecule has 0 radical (unpaired) electrons. The molecule has 0 bridgehead atoms. The number of hydrogen-bond acceptors (Lipinski definition) is 5. The summed E-state index contributed by atoms with van der Waals surface area (Å²) in [6.45, 7) is 0.227. The minimum atomic E-state index is -0.571. The largest absolute Gasteiger partial charge is 0.497 e. The minimum Gasteiger partial charge on any atom is -0.497 e. The Hall–Kier alpha value is -2.50. The van der Waals surface area contributed by atoms with Crippen molar-refractivity contribution in [2.45, 2.75) is 6.54 Å². The van der Waals surface area contributed by atoms with E-state index in [1.165, 1.54) is 38.7 Å². The number of ether oxygens (including phenoxy) is 2. The van der Waals surface area contributed by atoms with E-state index in [0.717, 1.165) is 0 Å². The van der Waals surface area contributed by atoms with Gasteiger partial charge in [0.25, 0.3) is 0 Å². The number of carbonyl (C=O) groups excluding carboxylic acids is 1. The van der Waals surface area contributed by atoms with Gasteiger partial charge in [-0.3, -0.25) is 0 Å². The molecule has 1 heterocycles. The lowest BCUT2D eigenvalue weighted by molar-refractivity contribution is 0.0563. The van der Waals surface area contributed by atoms with Crippen molar-refractivity contribution in [2.75, 3.05) is 19.5 Å². The summed E-state index contributed by atoms with van der Waals surface area (Å²) in [5.41, 5.74) is 0.862. The zero-order chi connectivity index (χ0) is 14.5. The molecular formula is C14H14FNO4. The minimum absolute atomic E-state index is 0.100. The third-order valence-electron chi connectivity index (χ3n) is 2.76. The van der Waals surface area contributed by atoms with Crippen LogP contribution >= 0.6 is 0 Å². The van der Waals surface area contributed by atoms with Crippen LogP contribution in [0, 0.1) is 5.82 Å². The van der Waals surface area contributed by atoms with E-state index in [9.17, 15) is 9.18 Å². The van der Waals surface area contributed by atoms with Crippen molar-refractivity contribution in [2.24, 2.45) is 0 Å². The molecule has 1 N–H and O–H groups in total. The van der Waals surface area contributed by atoms with Crippen LogP contribution < -0.4 is 10.1 Å². The molecule has 0 aliphatic heterocycles. The molecule has 0 fully saturated rings. The van der Waals surface area contributed by atoms with E-state index in [2.05, 4.69) is 10.1 Å². The summed E-state index contributed by atoms with van der Waals surface area (Å²) in [6.07, 6.45) is 1.38. The van der Waals surface area contributed by atoms with Crippen LogP contribution in [-0.2, 0) is 11.3 Å². The Bertz CT molecular complexity index is 609. The van der Waals surface area contributed by atoms with E-state index in [1.54, 1.807) is 6.07 Å². The topological polar surface area (TPSA) is 60.7 Å². The number of benzene rings is 1. The summed E-state index contributed by atoms with van der Waals surface area (Å²) in [6, 6.07) is 5.99. The lowest BCUT2D eigenvalue weighted by Crippen LogP contribution is -2.07. The van der Waals surface area contributed by atoms with E-state index in [0.29, 0.717) is 11.3 Å². The predicted octanol–water partition coefficient (Wildman–Crippen LogP) is 2.83. The molecular weight excluding hydrogens is 265 g/mol.